The van der Waals surface area contributed by atoms with Gasteiger partial charge < -0.3 is 5.32 Å². The summed E-state index contributed by atoms with van der Waals surface area (Å²) in [5, 5.41) is 6.78. The molecular weight excluding hydrogens is 266 g/mol. The zero-order valence-corrected chi connectivity index (χ0v) is 12.7. The van der Waals surface area contributed by atoms with Crippen LogP contribution in [0.3, 0.4) is 0 Å². The van der Waals surface area contributed by atoms with Crippen LogP contribution in [0.5, 0.6) is 0 Å². The summed E-state index contributed by atoms with van der Waals surface area (Å²) < 4.78 is 0. The third kappa shape index (κ3) is 3.25. The molecule has 2 heterocycles. The molecule has 3 rings (SSSR count). The Balaban J connectivity index is 1.57. The highest BCUT2D eigenvalue weighted by molar-refractivity contribution is 7.13. The first-order chi connectivity index (χ1) is 9.83. The van der Waals surface area contributed by atoms with E-state index in [4.69, 9.17) is 0 Å². The topological polar surface area (TPSA) is 37.8 Å². The summed E-state index contributed by atoms with van der Waals surface area (Å²) in [6.45, 7) is 3.17. The van der Waals surface area contributed by atoms with E-state index in [2.05, 4.69) is 27.6 Å². The van der Waals surface area contributed by atoms with E-state index in [1.807, 2.05) is 24.4 Å². The van der Waals surface area contributed by atoms with Crippen molar-refractivity contribution in [2.75, 3.05) is 0 Å². The lowest BCUT2D eigenvalue weighted by Crippen LogP contribution is -2.31. The van der Waals surface area contributed by atoms with Crippen LogP contribution in [0.1, 0.15) is 38.3 Å². The van der Waals surface area contributed by atoms with Gasteiger partial charge in [-0.25, -0.2) is 4.98 Å². The molecule has 0 aromatic carbocycles. The van der Waals surface area contributed by atoms with E-state index < -0.39 is 0 Å². The van der Waals surface area contributed by atoms with Gasteiger partial charge in [0.15, 0.2) is 0 Å². The van der Waals surface area contributed by atoms with E-state index in [0.29, 0.717) is 6.04 Å². The Labute approximate surface area is 124 Å². The lowest BCUT2D eigenvalue weighted by Gasteiger charge is -2.19. The van der Waals surface area contributed by atoms with Gasteiger partial charge in [0.2, 0.25) is 0 Å². The monoisotopic (exact) mass is 287 g/mol. The molecule has 2 aromatic heterocycles. The molecule has 0 aliphatic heterocycles. The summed E-state index contributed by atoms with van der Waals surface area (Å²) in [6, 6.07) is 6.54. The number of nitrogens with zero attached hydrogens (tertiary/aromatic N) is 2. The average molecular weight is 287 g/mol. The molecule has 1 N–H and O–H groups in total. The Kier molecular flexibility index (Phi) is 4.43. The lowest BCUT2D eigenvalue weighted by molar-refractivity contribution is 0.379. The third-order valence-corrected chi connectivity index (χ3v) is 5.06. The zero-order chi connectivity index (χ0) is 13.8. The number of thiazole rings is 1. The minimum absolute atomic E-state index is 0.595. The SMILES string of the molecule is CC(NCc1csc(-c2ccccn2)n1)C1CCCC1. The van der Waals surface area contributed by atoms with E-state index in [1.165, 1.54) is 25.7 Å². The van der Waals surface area contributed by atoms with Gasteiger partial charge in [-0.2, -0.15) is 0 Å². The second-order valence-electron chi connectivity index (χ2n) is 5.57. The van der Waals surface area contributed by atoms with Crippen molar-refractivity contribution >= 4 is 11.3 Å². The van der Waals surface area contributed by atoms with Crippen LogP contribution in [-0.4, -0.2) is 16.0 Å². The molecule has 0 amide bonds. The molecule has 1 unspecified atom stereocenters. The lowest BCUT2D eigenvalue weighted by atomic mass is 10.00. The van der Waals surface area contributed by atoms with Crippen LogP contribution in [0, 0.1) is 5.92 Å². The van der Waals surface area contributed by atoms with Crippen LogP contribution in [0.4, 0.5) is 0 Å². The number of hydrogen-bond acceptors (Lipinski definition) is 4. The third-order valence-electron chi connectivity index (χ3n) is 4.15. The van der Waals surface area contributed by atoms with Gasteiger partial charge >= 0.3 is 0 Å². The Morgan fingerprint density at radius 1 is 1.35 bits per heavy atom. The van der Waals surface area contributed by atoms with E-state index >= 15 is 0 Å². The van der Waals surface area contributed by atoms with Gasteiger partial charge in [-0.05, 0) is 37.8 Å². The molecule has 20 heavy (non-hydrogen) atoms. The zero-order valence-electron chi connectivity index (χ0n) is 11.9. The summed E-state index contributed by atoms with van der Waals surface area (Å²) in [5.74, 6) is 0.851. The predicted molar refractivity (Wildman–Crippen MR) is 83.6 cm³/mol. The van der Waals surface area contributed by atoms with Gasteiger partial charge in [0.25, 0.3) is 0 Å². The van der Waals surface area contributed by atoms with E-state index in [9.17, 15) is 0 Å². The molecule has 4 heteroatoms. The molecule has 3 nitrogen and oxygen atoms in total. The van der Waals surface area contributed by atoms with Crippen LogP contribution in [0.25, 0.3) is 10.7 Å². The van der Waals surface area contributed by atoms with Crippen LogP contribution in [0.15, 0.2) is 29.8 Å². The van der Waals surface area contributed by atoms with Gasteiger partial charge in [-0.1, -0.05) is 18.9 Å². The molecule has 2 aromatic rings. The Hall–Kier alpha value is -1.26. The molecule has 0 bridgehead atoms. The molecule has 1 aliphatic rings. The maximum atomic E-state index is 4.67. The highest BCUT2D eigenvalue weighted by Crippen LogP contribution is 2.28. The van der Waals surface area contributed by atoms with Crippen molar-refractivity contribution in [1.29, 1.82) is 0 Å². The van der Waals surface area contributed by atoms with Crippen molar-refractivity contribution in [2.45, 2.75) is 45.2 Å². The summed E-state index contributed by atoms with van der Waals surface area (Å²) in [5.41, 5.74) is 2.09. The van der Waals surface area contributed by atoms with Gasteiger partial charge in [-0.3, -0.25) is 4.98 Å². The minimum atomic E-state index is 0.595. The molecule has 1 fully saturated rings. The van der Waals surface area contributed by atoms with Crippen molar-refractivity contribution in [3.8, 4) is 10.7 Å². The van der Waals surface area contributed by atoms with Gasteiger partial charge in [0.05, 0.1) is 11.4 Å². The standard InChI is InChI=1S/C16H21N3S/c1-12(13-6-2-3-7-13)18-10-14-11-20-16(19-14)15-8-4-5-9-17-15/h4-5,8-9,11-13,18H,2-3,6-7,10H2,1H3. The van der Waals surface area contributed by atoms with Crippen molar-refractivity contribution in [1.82, 2.24) is 15.3 Å². The molecule has 0 spiro atoms. The summed E-state index contributed by atoms with van der Waals surface area (Å²) in [7, 11) is 0. The summed E-state index contributed by atoms with van der Waals surface area (Å²) >= 11 is 1.67. The molecule has 106 valence electrons. The predicted octanol–water partition coefficient (Wildman–Crippen LogP) is 3.87. The van der Waals surface area contributed by atoms with Crippen molar-refractivity contribution < 1.29 is 0 Å². The number of hydrogen-bond donors (Lipinski definition) is 1. The number of pyridine rings is 1. The first-order valence-corrected chi connectivity index (χ1v) is 8.30. The van der Waals surface area contributed by atoms with Crippen LogP contribution in [-0.2, 0) is 6.54 Å². The van der Waals surface area contributed by atoms with Crippen LogP contribution in [0.2, 0.25) is 0 Å². The van der Waals surface area contributed by atoms with E-state index in [-0.39, 0.29) is 0 Å². The first-order valence-electron chi connectivity index (χ1n) is 7.42. The summed E-state index contributed by atoms with van der Waals surface area (Å²) in [6.07, 6.45) is 7.38. The fraction of sp³-hybridized carbons (Fsp3) is 0.500. The second-order valence-corrected chi connectivity index (χ2v) is 6.43. The molecule has 0 radical (unpaired) electrons. The quantitative estimate of drug-likeness (QED) is 0.907. The summed E-state index contributed by atoms with van der Waals surface area (Å²) in [4.78, 5) is 9.02. The molecule has 1 atom stereocenters. The number of rotatable bonds is 5. The molecule has 1 saturated carbocycles. The highest BCUT2D eigenvalue weighted by Gasteiger charge is 2.21. The molecule has 1 aliphatic carbocycles. The van der Waals surface area contributed by atoms with Gasteiger partial charge in [-0.15, -0.1) is 11.3 Å². The second kappa shape index (κ2) is 6.46. The van der Waals surface area contributed by atoms with Crippen molar-refractivity contribution in [2.24, 2.45) is 5.92 Å². The largest absolute Gasteiger partial charge is 0.308 e. The maximum absolute atomic E-state index is 4.67. The fourth-order valence-electron chi connectivity index (χ4n) is 2.88. The number of nitrogens with one attached hydrogen (secondary N) is 1. The molecule has 0 saturated heterocycles. The van der Waals surface area contributed by atoms with E-state index in [1.54, 1.807) is 11.3 Å². The smallest absolute Gasteiger partial charge is 0.142 e. The Morgan fingerprint density at radius 3 is 2.95 bits per heavy atom. The molecular formula is C16H21N3S. The van der Waals surface area contributed by atoms with E-state index in [0.717, 1.165) is 28.9 Å². The van der Waals surface area contributed by atoms with Crippen LogP contribution >= 0.6 is 11.3 Å². The van der Waals surface area contributed by atoms with Gasteiger partial charge in [0, 0.05) is 24.2 Å². The average Bonchev–Trinajstić information content (AvgIpc) is 3.17. The maximum Gasteiger partial charge on any atom is 0.142 e. The van der Waals surface area contributed by atoms with Gasteiger partial charge in [0.1, 0.15) is 5.01 Å². The van der Waals surface area contributed by atoms with Crippen LogP contribution < -0.4 is 5.32 Å². The number of aromatic nitrogens is 2. The van der Waals surface area contributed by atoms with Crippen molar-refractivity contribution in [3.63, 3.8) is 0 Å². The minimum Gasteiger partial charge on any atom is -0.308 e. The fourth-order valence-corrected chi connectivity index (χ4v) is 3.68. The Bertz CT molecular complexity index is 532. The Morgan fingerprint density at radius 2 is 2.20 bits per heavy atom. The first kappa shape index (κ1) is 13.7. The van der Waals surface area contributed by atoms with Crippen molar-refractivity contribution in [3.05, 3.63) is 35.5 Å². The normalized spacial score (nSPS) is 17.4. The highest BCUT2D eigenvalue weighted by atomic mass is 32.1.